The molecule has 4 heteroatoms. The van der Waals surface area contributed by atoms with Crippen LogP contribution < -0.4 is 0 Å². The molecule has 1 amide bonds. The lowest BCUT2D eigenvalue weighted by atomic mass is 9.77. The summed E-state index contributed by atoms with van der Waals surface area (Å²) in [5.74, 6) is 0. The van der Waals surface area contributed by atoms with Crippen LogP contribution in [0.25, 0.3) is 0 Å². The van der Waals surface area contributed by atoms with E-state index in [0.29, 0.717) is 0 Å². The average molecular weight is 267 g/mol. The van der Waals surface area contributed by atoms with Crippen molar-refractivity contribution in [3.8, 4) is 0 Å². The summed E-state index contributed by atoms with van der Waals surface area (Å²) in [5, 5.41) is 11.0. The lowest BCUT2D eigenvalue weighted by molar-refractivity contribution is -0.168. The van der Waals surface area contributed by atoms with Crippen LogP contribution in [0.15, 0.2) is 0 Å². The predicted octanol–water partition coefficient (Wildman–Crippen LogP) is 3.18. The van der Waals surface area contributed by atoms with E-state index in [2.05, 4.69) is 0 Å². The molecule has 0 aromatic carbocycles. The van der Waals surface area contributed by atoms with Crippen LogP contribution >= 0.6 is 0 Å². The van der Waals surface area contributed by atoms with Crippen molar-refractivity contribution in [1.82, 2.24) is 4.90 Å². The second kappa shape index (κ2) is 4.65. The summed E-state index contributed by atoms with van der Waals surface area (Å²) in [6.07, 6.45) is 10.1. The zero-order chi connectivity index (χ0) is 13.5. The maximum absolute atomic E-state index is 12.3. The highest BCUT2D eigenvalue weighted by Crippen LogP contribution is 2.48. The van der Waals surface area contributed by atoms with Crippen LogP contribution in [0.1, 0.15) is 71.1 Å². The molecular formula is C15H25NO3. The van der Waals surface area contributed by atoms with Gasteiger partial charge in [0.2, 0.25) is 0 Å². The lowest BCUT2D eigenvalue weighted by Gasteiger charge is -2.44. The molecule has 0 bridgehead atoms. The molecule has 0 aromatic rings. The summed E-state index contributed by atoms with van der Waals surface area (Å²) in [7, 11) is 0. The van der Waals surface area contributed by atoms with Crippen molar-refractivity contribution in [2.75, 3.05) is 0 Å². The lowest BCUT2D eigenvalue weighted by Crippen LogP contribution is -2.60. The second-order valence-corrected chi connectivity index (χ2v) is 6.61. The van der Waals surface area contributed by atoms with Gasteiger partial charge in [-0.25, -0.2) is 4.79 Å². The molecular weight excluding hydrogens is 242 g/mol. The molecule has 1 atom stereocenters. The summed E-state index contributed by atoms with van der Waals surface area (Å²) in [6, 6.07) is 0.164. The molecule has 4 nitrogen and oxygen atoms in total. The first-order valence-corrected chi connectivity index (χ1v) is 7.81. The highest BCUT2D eigenvalue weighted by molar-refractivity contribution is 5.72. The Morgan fingerprint density at radius 2 is 1.68 bits per heavy atom. The van der Waals surface area contributed by atoms with Gasteiger partial charge in [0.15, 0.2) is 11.3 Å². The number of carbonyl (C=O) groups excluding carboxylic acids is 1. The first-order valence-electron chi connectivity index (χ1n) is 7.81. The zero-order valence-corrected chi connectivity index (χ0v) is 11.9. The topological polar surface area (TPSA) is 49.8 Å². The molecule has 0 radical (unpaired) electrons. The summed E-state index contributed by atoms with van der Waals surface area (Å²) in [5.41, 5.74) is -1.79. The van der Waals surface area contributed by atoms with E-state index in [9.17, 15) is 9.90 Å². The predicted molar refractivity (Wildman–Crippen MR) is 71.6 cm³/mol. The fourth-order valence-electron chi connectivity index (χ4n) is 4.25. The largest absolute Gasteiger partial charge is 0.438 e. The normalized spacial score (nSPS) is 35.7. The minimum absolute atomic E-state index is 0.164. The van der Waals surface area contributed by atoms with Gasteiger partial charge in [-0.3, -0.25) is 4.90 Å². The number of nitrogens with zero attached hydrogens (tertiary/aromatic N) is 1. The smallest absolute Gasteiger partial charge is 0.413 e. The van der Waals surface area contributed by atoms with Crippen LogP contribution in [0.5, 0.6) is 0 Å². The number of carbonyl (C=O) groups is 1. The van der Waals surface area contributed by atoms with Crippen molar-refractivity contribution in [3.05, 3.63) is 0 Å². The maximum Gasteiger partial charge on any atom is 0.413 e. The molecule has 108 valence electrons. The molecule has 1 saturated heterocycles. The Morgan fingerprint density at radius 1 is 1.11 bits per heavy atom. The molecule has 2 aliphatic carbocycles. The van der Waals surface area contributed by atoms with Crippen LogP contribution in [-0.4, -0.2) is 33.5 Å². The Hall–Kier alpha value is -0.770. The van der Waals surface area contributed by atoms with Crippen LogP contribution in [0.3, 0.4) is 0 Å². The third-order valence-electron chi connectivity index (χ3n) is 5.41. The van der Waals surface area contributed by atoms with E-state index in [1.165, 1.54) is 12.8 Å². The standard InChI is InChI=1S/C15H25NO3/c1-14(18)15(10-6-3-7-11-15)19-13(17)16(14)12-8-4-2-5-9-12/h12,18H,2-11H2,1H3/t14-/m0/s1. The van der Waals surface area contributed by atoms with Crippen molar-refractivity contribution >= 4 is 6.09 Å². The van der Waals surface area contributed by atoms with Crippen molar-refractivity contribution in [1.29, 1.82) is 0 Å². The van der Waals surface area contributed by atoms with E-state index in [-0.39, 0.29) is 12.1 Å². The van der Waals surface area contributed by atoms with Gasteiger partial charge < -0.3 is 9.84 Å². The molecule has 3 fully saturated rings. The van der Waals surface area contributed by atoms with Gasteiger partial charge in [0.1, 0.15) is 0 Å². The molecule has 1 spiro atoms. The summed E-state index contributed by atoms with van der Waals surface area (Å²) < 4.78 is 5.71. The number of aliphatic hydroxyl groups is 1. The summed E-state index contributed by atoms with van der Waals surface area (Å²) in [4.78, 5) is 14.0. The van der Waals surface area contributed by atoms with E-state index < -0.39 is 11.3 Å². The van der Waals surface area contributed by atoms with E-state index >= 15 is 0 Å². The molecule has 1 heterocycles. The Bertz CT molecular complexity index is 354. The van der Waals surface area contributed by atoms with E-state index in [1.54, 1.807) is 11.8 Å². The fraction of sp³-hybridized carbons (Fsp3) is 0.933. The van der Waals surface area contributed by atoms with Gasteiger partial charge in [0.05, 0.1) is 0 Å². The third-order valence-corrected chi connectivity index (χ3v) is 5.41. The van der Waals surface area contributed by atoms with E-state index in [4.69, 9.17) is 4.74 Å². The minimum Gasteiger partial charge on any atom is -0.438 e. The highest BCUT2D eigenvalue weighted by atomic mass is 16.6. The average Bonchev–Trinajstić information content (AvgIpc) is 2.58. The Kier molecular flexibility index (Phi) is 3.24. The molecule has 2 saturated carbocycles. The van der Waals surface area contributed by atoms with Gasteiger partial charge in [-0.2, -0.15) is 0 Å². The number of hydrogen-bond donors (Lipinski definition) is 1. The zero-order valence-electron chi connectivity index (χ0n) is 11.9. The van der Waals surface area contributed by atoms with Gasteiger partial charge in [0, 0.05) is 6.04 Å². The quantitative estimate of drug-likeness (QED) is 0.793. The summed E-state index contributed by atoms with van der Waals surface area (Å²) in [6.45, 7) is 1.79. The fourth-order valence-corrected chi connectivity index (χ4v) is 4.25. The van der Waals surface area contributed by atoms with Crippen LogP contribution in [0.4, 0.5) is 4.79 Å². The number of hydrogen-bond acceptors (Lipinski definition) is 3. The molecule has 3 rings (SSSR count). The Labute approximate surface area is 115 Å². The second-order valence-electron chi connectivity index (χ2n) is 6.61. The van der Waals surface area contributed by atoms with Gasteiger partial charge in [-0.1, -0.05) is 25.7 Å². The Balaban J connectivity index is 1.86. The van der Waals surface area contributed by atoms with Gasteiger partial charge in [0.25, 0.3) is 0 Å². The Morgan fingerprint density at radius 3 is 2.32 bits per heavy atom. The monoisotopic (exact) mass is 267 g/mol. The van der Waals surface area contributed by atoms with Gasteiger partial charge >= 0.3 is 6.09 Å². The van der Waals surface area contributed by atoms with Gasteiger partial charge in [-0.15, -0.1) is 0 Å². The third kappa shape index (κ3) is 1.95. The maximum atomic E-state index is 12.3. The SMILES string of the molecule is C[C@@]1(O)N(C2CCCCC2)C(=O)OC12CCCCC2. The number of rotatable bonds is 1. The highest BCUT2D eigenvalue weighted by Gasteiger charge is 2.63. The number of amides is 1. The molecule has 0 aromatic heterocycles. The van der Waals surface area contributed by atoms with Crippen LogP contribution in [0.2, 0.25) is 0 Å². The molecule has 0 unspecified atom stereocenters. The van der Waals surface area contributed by atoms with E-state index in [0.717, 1.165) is 51.4 Å². The van der Waals surface area contributed by atoms with Crippen LogP contribution in [-0.2, 0) is 4.74 Å². The molecule has 3 aliphatic rings. The first-order chi connectivity index (χ1) is 9.07. The van der Waals surface area contributed by atoms with Gasteiger partial charge in [-0.05, 0) is 45.4 Å². The minimum atomic E-state index is -1.13. The van der Waals surface area contributed by atoms with Crippen molar-refractivity contribution in [2.45, 2.75) is 88.5 Å². The van der Waals surface area contributed by atoms with Crippen molar-refractivity contribution in [2.24, 2.45) is 0 Å². The number of ether oxygens (including phenoxy) is 1. The first kappa shape index (κ1) is 13.2. The molecule has 19 heavy (non-hydrogen) atoms. The molecule has 1 aliphatic heterocycles. The molecule has 1 N–H and O–H groups in total. The van der Waals surface area contributed by atoms with E-state index in [1.807, 2.05) is 0 Å². The van der Waals surface area contributed by atoms with Crippen molar-refractivity contribution in [3.63, 3.8) is 0 Å². The summed E-state index contributed by atoms with van der Waals surface area (Å²) >= 11 is 0. The van der Waals surface area contributed by atoms with Crippen molar-refractivity contribution < 1.29 is 14.6 Å². The van der Waals surface area contributed by atoms with Crippen LogP contribution in [0, 0.1) is 0 Å².